The molecule has 0 fully saturated rings. The number of hydrogen-bond donors (Lipinski definition) is 1. The van der Waals surface area contributed by atoms with Crippen LogP contribution in [0.4, 0.5) is 5.69 Å². The van der Waals surface area contributed by atoms with Crippen molar-refractivity contribution >= 4 is 50.7 Å². The van der Waals surface area contributed by atoms with Crippen molar-refractivity contribution in [2.24, 2.45) is 0 Å². The van der Waals surface area contributed by atoms with E-state index >= 15 is 0 Å². The monoisotopic (exact) mass is 527 g/mol. The van der Waals surface area contributed by atoms with E-state index in [9.17, 15) is 18.0 Å². The second kappa shape index (κ2) is 11.9. The van der Waals surface area contributed by atoms with Gasteiger partial charge in [0.2, 0.25) is 21.8 Å². The highest BCUT2D eigenvalue weighted by atomic mass is 35.5. The van der Waals surface area contributed by atoms with Crippen molar-refractivity contribution in [1.29, 1.82) is 0 Å². The average molecular weight is 529 g/mol. The minimum absolute atomic E-state index is 0.0657. The lowest BCUT2D eigenvalue weighted by Crippen LogP contribution is -2.52. The van der Waals surface area contributed by atoms with Crippen LogP contribution in [0.25, 0.3) is 0 Å². The van der Waals surface area contributed by atoms with Crippen LogP contribution in [-0.2, 0) is 26.2 Å². The third-order valence-corrected chi connectivity index (χ3v) is 7.17. The minimum atomic E-state index is -3.82. The Morgan fingerprint density at radius 3 is 2.18 bits per heavy atom. The lowest BCUT2D eigenvalue weighted by molar-refractivity contribution is -0.139. The molecule has 0 spiro atoms. The molecule has 7 nitrogen and oxygen atoms in total. The van der Waals surface area contributed by atoms with Crippen molar-refractivity contribution in [3.8, 4) is 0 Å². The highest BCUT2D eigenvalue weighted by Gasteiger charge is 2.31. The van der Waals surface area contributed by atoms with E-state index in [0.29, 0.717) is 21.3 Å². The molecule has 0 unspecified atom stereocenters. The van der Waals surface area contributed by atoms with E-state index in [-0.39, 0.29) is 18.5 Å². The van der Waals surface area contributed by atoms with Crippen molar-refractivity contribution in [2.75, 3.05) is 17.1 Å². The van der Waals surface area contributed by atoms with Crippen LogP contribution in [0.15, 0.2) is 42.5 Å². The Hall–Kier alpha value is -2.29. The van der Waals surface area contributed by atoms with E-state index in [0.717, 1.165) is 22.5 Å². The van der Waals surface area contributed by atoms with E-state index in [1.54, 1.807) is 50.2 Å². The number of amides is 2. The van der Waals surface area contributed by atoms with Gasteiger partial charge in [-0.05, 0) is 62.6 Å². The molecule has 2 atom stereocenters. The first-order valence-corrected chi connectivity index (χ1v) is 13.5. The zero-order valence-electron chi connectivity index (χ0n) is 20.0. The van der Waals surface area contributed by atoms with Crippen molar-refractivity contribution < 1.29 is 18.0 Å². The van der Waals surface area contributed by atoms with Gasteiger partial charge in [-0.25, -0.2) is 8.42 Å². The van der Waals surface area contributed by atoms with E-state index in [1.165, 1.54) is 11.0 Å². The largest absolute Gasteiger partial charge is 0.352 e. The Labute approximate surface area is 212 Å². The zero-order valence-corrected chi connectivity index (χ0v) is 22.3. The lowest BCUT2D eigenvalue weighted by Gasteiger charge is -2.32. The summed E-state index contributed by atoms with van der Waals surface area (Å²) in [5, 5.41) is 3.78. The molecule has 34 heavy (non-hydrogen) atoms. The van der Waals surface area contributed by atoms with E-state index in [1.807, 2.05) is 13.8 Å². The van der Waals surface area contributed by atoms with Crippen LogP contribution in [0, 0.1) is 6.92 Å². The summed E-state index contributed by atoms with van der Waals surface area (Å²) in [5.74, 6) is -0.840. The van der Waals surface area contributed by atoms with Gasteiger partial charge in [0.15, 0.2) is 0 Å². The lowest BCUT2D eigenvalue weighted by atomic mass is 10.1. The summed E-state index contributed by atoms with van der Waals surface area (Å²) in [7, 11) is -3.82. The fourth-order valence-electron chi connectivity index (χ4n) is 3.28. The summed E-state index contributed by atoms with van der Waals surface area (Å²) in [4.78, 5) is 27.8. The molecule has 0 aliphatic carbocycles. The number of benzene rings is 2. The Morgan fingerprint density at radius 1 is 1.03 bits per heavy atom. The van der Waals surface area contributed by atoms with E-state index in [2.05, 4.69) is 5.32 Å². The molecule has 2 aromatic rings. The Balaban J connectivity index is 2.42. The van der Waals surface area contributed by atoms with Crippen LogP contribution in [0.3, 0.4) is 0 Å². The maximum absolute atomic E-state index is 13.5. The van der Waals surface area contributed by atoms with Gasteiger partial charge in [-0.3, -0.25) is 13.9 Å². The minimum Gasteiger partial charge on any atom is -0.352 e. The molecular formula is C24H31Cl2N3O4S. The number of nitrogens with one attached hydrogen (secondary N) is 1. The maximum atomic E-state index is 13.5. The predicted molar refractivity (Wildman–Crippen MR) is 138 cm³/mol. The molecule has 2 amide bonds. The van der Waals surface area contributed by atoms with Crippen LogP contribution in [0.2, 0.25) is 10.0 Å². The van der Waals surface area contributed by atoms with Gasteiger partial charge in [-0.2, -0.15) is 0 Å². The van der Waals surface area contributed by atoms with E-state index in [4.69, 9.17) is 23.2 Å². The van der Waals surface area contributed by atoms with Gasteiger partial charge < -0.3 is 10.2 Å². The molecule has 0 saturated heterocycles. The van der Waals surface area contributed by atoms with Gasteiger partial charge in [0.25, 0.3) is 0 Å². The normalized spacial score (nSPS) is 13.1. The van der Waals surface area contributed by atoms with Crippen LogP contribution in [-0.4, -0.2) is 50.0 Å². The van der Waals surface area contributed by atoms with Crippen molar-refractivity contribution in [3.05, 3.63) is 63.6 Å². The quantitative estimate of drug-likeness (QED) is 0.495. The number of aryl methyl sites for hydroxylation is 1. The first kappa shape index (κ1) is 28.0. The summed E-state index contributed by atoms with van der Waals surface area (Å²) in [6.45, 7) is 6.82. The van der Waals surface area contributed by atoms with Gasteiger partial charge >= 0.3 is 0 Å². The van der Waals surface area contributed by atoms with Gasteiger partial charge in [-0.15, -0.1) is 0 Å². The van der Waals surface area contributed by atoms with Crippen LogP contribution in [0.5, 0.6) is 0 Å². The number of nitrogens with zero attached hydrogens (tertiary/aromatic N) is 2. The molecule has 2 aromatic carbocycles. The SMILES string of the molecule is CC[C@H](C)NC(=O)[C@@H](C)N(Cc1ccc(Cl)cc1)C(=O)CN(c1cc(Cl)ccc1C)S(C)(=O)=O. The van der Waals surface area contributed by atoms with Crippen molar-refractivity contribution in [1.82, 2.24) is 10.2 Å². The van der Waals surface area contributed by atoms with Crippen molar-refractivity contribution in [3.63, 3.8) is 0 Å². The molecule has 0 radical (unpaired) electrons. The number of anilines is 1. The summed E-state index contributed by atoms with van der Waals surface area (Å²) in [5.41, 5.74) is 1.71. The topological polar surface area (TPSA) is 86.8 Å². The molecule has 10 heteroatoms. The van der Waals surface area contributed by atoms with Crippen molar-refractivity contribution in [2.45, 2.75) is 52.7 Å². The fraction of sp³-hybridized carbons (Fsp3) is 0.417. The highest BCUT2D eigenvalue weighted by molar-refractivity contribution is 7.92. The smallest absolute Gasteiger partial charge is 0.244 e. The second-order valence-electron chi connectivity index (χ2n) is 8.34. The van der Waals surface area contributed by atoms with Gasteiger partial charge in [0, 0.05) is 22.6 Å². The summed E-state index contributed by atoms with van der Waals surface area (Å²) in [6.07, 6.45) is 1.77. The number of halogens is 2. The molecule has 186 valence electrons. The van der Waals surface area contributed by atoms with E-state index < -0.39 is 28.5 Å². The highest BCUT2D eigenvalue weighted by Crippen LogP contribution is 2.27. The molecule has 0 heterocycles. The van der Waals surface area contributed by atoms with Crippen LogP contribution < -0.4 is 9.62 Å². The number of carbonyl (C=O) groups is 2. The summed E-state index contributed by atoms with van der Waals surface area (Å²) in [6, 6.07) is 10.9. The molecular weight excluding hydrogens is 497 g/mol. The first-order valence-electron chi connectivity index (χ1n) is 10.9. The summed E-state index contributed by atoms with van der Waals surface area (Å²) >= 11 is 12.1. The fourth-order valence-corrected chi connectivity index (χ4v) is 4.47. The summed E-state index contributed by atoms with van der Waals surface area (Å²) < 4.78 is 26.3. The number of rotatable bonds is 10. The van der Waals surface area contributed by atoms with Crippen LogP contribution in [0.1, 0.15) is 38.3 Å². The van der Waals surface area contributed by atoms with Gasteiger partial charge in [-0.1, -0.05) is 48.3 Å². The third-order valence-electron chi connectivity index (χ3n) is 5.55. The molecule has 0 aromatic heterocycles. The van der Waals surface area contributed by atoms with Gasteiger partial charge in [0.1, 0.15) is 12.6 Å². The number of hydrogen-bond acceptors (Lipinski definition) is 4. The van der Waals surface area contributed by atoms with Crippen LogP contribution >= 0.6 is 23.2 Å². The Morgan fingerprint density at radius 2 is 1.62 bits per heavy atom. The molecule has 2 rings (SSSR count). The molecule has 0 saturated carbocycles. The Bertz CT molecular complexity index is 1120. The predicted octanol–water partition coefficient (Wildman–Crippen LogP) is 4.40. The number of carbonyl (C=O) groups excluding carboxylic acids is 2. The zero-order chi connectivity index (χ0) is 25.6. The molecule has 0 aliphatic heterocycles. The maximum Gasteiger partial charge on any atom is 0.244 e. The third kappa shape index (κ3) is 7.61. The average Bonchev–Trinajstić information content (AvgIpc) is 2.77. The molecule has 1 N–H and O–H groups in total. The first-order chi connectivity index (χ1) is 15.8. The van der Waals surface area contributed by atoms with Gasteiger partial charge in [0.05, 0.1) is 11.9 Å². The molecule has 0 aliphatic rings. The Kier molecular flexibility index (Phi) is 9.79. The number of sulfonamides is 1. The molecule has 0 bridgehead atoms. The standard InChI is InChI=1S/C24H31Cl2N3O4S/c1-6-17(3)27-24(31)18(4)28(14-19-8-11-20(25)12-9-19)23(30)15-29(34(5,32)33)22-13-21(26)10-7-16(22)2/h7-13,17-18H,6,14-15H2,1-5H3,(H,27,31)/t17-,18+/m0/s1. The second-order valence-corrected chi connectivity index (χ2v) is 11.1.